The van der Waals surface area contributed by atoms with Gasteiger partial charge in [-0.3, -0.25) is 4.98 Å². The van der Waals surface area contributed by atoms with Gasteiger partial charge in [0, 0.05) is 12.4 Å². The molecule has 0 bridgehead atoms. The molecule has 0 unspecified atom stereocenters. The summed E-state index contributed by atoms with van der Waals surface area (Å²) in [5.41, 5.74) is 3.62. The number of nitrogens with one attached hydrogen (secondary N) is 1. The average Bonchev–Trinajstić information content (AvgIpc) is 2.83. The number of alkyl carbamates (subject to hydrolysis) is 1. The third-order valence-electron chi connectivity index (χ3n) is 4.83. The van der Waals surface area contributed by atoms with Crippen molar-refractivity contribution in [2.24, 2.45) is 0 Å². The lowest BCUT2D eigenvalue weighted by Crippen LogP contribution is -2.49. The number of esters is 1. The van der Waals surface area contributed by atoms with E-state index >= 15 is 0 Å². The molecule has 0 aliphatic heterocycles. The second kappa shape index (κ2) is 11.6. The Morgan fingerprint density at radius 3 is 2.34 bits per heavy atom. The fourth-order valence-electron chi connectivity index (χ4n) is 3.17. The molecule has 0 spiro atoms. The highest BCUT2D eigenvalue weighted by Gasteiger charge is 2.29. The standard InChI is InChI=1S/C25H26N2O5/c1-2-31-24(29)23(28)22(27-25(30)32-17-19-7-4-3-5-8-19)15-18-10-12-20(13-11-18)21-9-6-14-26-16-21/h3-14,16,22-23,28H,2,15,17H2,1H3,(H,27,30)/t22-,23+/m1/s1. The van der Waals surface area contributed by atoms with E-state index < -0.39 is 24.2 Å². The molecule has 7 nitrogen and oxygen atoms in total. The summed E-state index contributed by atoms with van der Waals surface area (Å²) in [6.45, 7) is 1.86. The van der Waals surface area contributed by atoms with E-state index in [0.29, 0.717) is 0 Å². The van der Waals surface area contributed by atoms with Crippen molar-refractivity contribution in [3.05, 3.63) is 90.3 Å². The van der Waals surface area contributed by atoms with Crippen LogP contribution in [0.15, 0.2) is 79.1 Å². The van der Waals surface area contributed by atoms with Crippen LogP contribution < -0.4 is 5.32 Å². The molecule has 2 atom stereocenters. The van der Waals surface area contributed by atoms with Gasteiger partial charge in [-0.1, -0.05) is 60.7 Å². The summed E-state index contributed by atoms with van der Waals surface area (Å²) >= 11 is 0. The Hall–Kier alpha value is -3.71. The molecule has 0 saturated heterocycles. The number of aromatic nitrogens is 1. The fraction of sp³-hybridized carbons (Fsp3) is 0.240. The highest BCUT2D eigenvalue weighted by atomic mass is 16.6. The highest BCUT2D eigenvalue weighted by Crippen LogP contribution is 2.19. The number of aliphatic hydroxyl groups is 1. The van der Waals surface area contributed by atoms with E-state index in [1.54, 1.807) is 19.3 Å². The Morgan fingerprint density at radius 2 is 1.69 bits per heavy atom. The van der Waals surface area contributed by atoms with E-state index in [-0.39, 0.29) is 19.6 Å². The summed E-state index contributed by atoms with van der Waals surface area (Å²) < 4.78 is 10.2. The lowest BCUT2D eigenvalue weighted by molar-refractivity contribution is -0.154. The van der Waals surface area contributed by atoms with Gasteiger partial charge in [0.2, 0.25) is 0 Å². The van der Waals surface area contributed by atoms with Gasteiger partial charge in [-0.25, -0.2) is 9.59 Å². The van der Waals surface area contributed by atoms with Gasteiger partial charge in [0.1, 0.15) is 6.61 Å². The molecule has 1 amide bonds. The first-order valence-electron chi connectivity index (χ1n) is 10.4. The van der Waals surface area contributed by atoms with Gasteiger partial charge in [-0.15, -0.1) is 0 Å². The number of aliphatic hydroxyl groups excluding tert-OH is 1. The zero-order valence-corrected chi connectivity index (χ0v) is 17.8. The van der Waals surface area contributed by atoms with Gasteiger partial charge >= 0.3 is 12.1 Å². The number of carbonyl (C=O) groups excluding carboxylic acids is 2. The number of hydrogen-bond donors (Lipinski definition) is 2. The van der Waals surface area contributed by atoms with E-state index in [1.165, 1.54) is 0 Å². The number of ether oxygens (including phenoxy) is 2. The molecule has 0 radical (unpaired) electrons. The summed E-state index contributed by atoms with van der Waals surface area (Å²) in [5.74, 6) is -0.798. The van der Waals surface area contributed by atoms with E-state index in [0.717, 1.165) is 22.3 Å². The second-order valence-corrected chi connectivity index (χ2v) is 7.15. The van der Waals surface area contributed by atoms with Gasteiger partial charge in [0.05, 0.1) is 12.6 Å². The summed E-state index contributed by atoms with van der Waals surface area (Å²) in [6.07, 6.45) is 1.44. The van der Waals surface area contributed by atoms with Crippen LogP contribution >= 0.6 is 0 Å². The third-order valence-corrected chi connectivity index (χ3v) is 4.83. The number of hydrogen-bond acceptors (Lipinski definition) is 6. The molecule has 3 aromatic rings. The molecule has 3 rings (SSSR count). The van der Waals surface area contributed by atoms with Crippen LogP contribution in [0.1, 0.15) is 18.1 Å². The Balaban J connectivity index is 1.68. The zero-order valence-electron chi connectivity index (χ0n) is 17.8. The molecular formula is C25H26N2O5. The molecule has 32 heavy (non-hydrogen) atoms. The van der Waals surface area contributed by atoms with Crippen LogP contribution in [-0.2, 0) is 27.3 Å². The zero-order chi connectivity index (χ0) is 22.8. The summed E-state index contributed by atoms with van der Waals surface area (Å²) in [6, 6.07) is 19.7. The molecule has 1 heterocycles. The third kappa shape index (κ3) is 6.65. The highest BCUT2D eigenvalue weighted by molar-refractivity contribution is 5.77. The van der Waals surface area contributed by atoms with Crippen molar-refractivity contribution < 1.29 is 24.2 Å². The maximum atomic E-state index is 12.3. The van der Waals surface area contributed by atoms with Crippen molar-refractivity contribution in [1.82, 2.24) is 10.3 Å². The topological polar surface area (TPSA) is 97.8 Å². The van der Waals surface area contributed by atoms with Crippen LogP contribution in [0.4, 0.5) is 4.79 Å². The van der Waals surface area contributed by atoms with Crippen LogP contribution in [0.2, 0.25) is 0 Å². The minimum Gasteiger partial charge on any atom is -0.464 e. The summed E-state index contributed by atoms with van der Waals surface area (Å²) in [7, 11) is 0. The molecule has 1 aromatic heterocycles. The maximum Gasteiger partial charge on any atom is 0.407 e. The van der Waals surface area contributed by atoms with Crippen molar-refractivity contribution in [2.45, 2.75) is 32.1 Å². The van der Waals surface area contributed by atoms with Gasteiger partial charge < -0.3 is 19.9 Å². The Labute approximate surface area is 187 Å². The van der Waals surface area contributed by atoms with Crippen molar-refractivity contribution in [3.63, 3.8) is 0 Å². The van der Waals surface area contributed by atoms with Crippen LogP contribution in [0.5, 0.6) is 0 Å². The number of nitrogens with zero attached hydrogens (tertiary/aromatic N) is 1. The van der Waals surface area contributed by atoms with E-state index in [4.69, 9.17) is 9.47 Å². The molecule has 0 saturated carbocycles. The van der Waals surface area contributed by atoms with Crippen LogP contribution in [0, 0.1) is 0 Å². The Bertz CT molecular complexity index is 994. The van der Waals surface area contributed by atoms with Gasteiger partial charge in [0.25, 0.3) is 0 Å². The lowest BCUT2D eigenvalue weighted by atomic mass is 9.99. The van der Waals surface area contributed by atoms with E-state index in [1.807, 2.05) is 66.7 Å². The van der Waals surface area contributed by atoms with Gasteiger partial charge in [-0.2, -0.15) is 0 Å². The first-order valence-corrected chi connectivity index (χ1v) is 10.4. The largest absolute Gasteiger partial charge is 0.464 e. The van der Waals surface area contributed by atoms with Crippen LogP contribution in [-0.4, -0.2) is 40.9 Å². The second-order valence-electron chi connectivity index (χ2n) is 7.15. The van der Waals surface area contributed by atoms with E-state index in [2.05, 4.69) is 10.3 Å². The number of benzene rings is 2. The van der Waals surface area contributed by atoms with Crippen molar-refractivity contribution in [2.75, 3.05) is 6.61 Å². The van der Waals surface area contributed by atoms with Crippen molar-refractivity contribution >= 4 is 12.1 Å². The fourth-order valence-corrected chi connectivity index (χ4v) is 3.17. The lowest BCUT2D eigenvalue weighted by Gasteiger charge is -2.23. The predicted molar refractivity (Wildman–Crippen MR) is 120 cm³/mol. The number of carbonyl (C=O) groups is 2. The SMILES string of the molecule is CCOC(=O)[C@@H](O)[C@@H](Cc1ccc(-c2cccnc2)cc1)NC(=O)OCc1ccccc1. The van der Waals surface area contributed by atoms with Gasteiger partial charge in [0.15, 0.2) is 6.10 Å². The van der Waals surface area contributed by atoms with Crippen LogP contribution in [0.25, 0.3) is 11.1 Å². The van der Waals surface area contributed by atoms with Crippen molar-refractivity contribution in [3.8, 4) is 11.1 Å². The summed E-state index contributed by atoms with van der Waals surface area (Å²) in [4.78, 5) is 28.6. The molecule has 7 heteroatoms. The molecule has 0 fully saturated rings. The first-order chi connectivity index (χ1) is 15.6. The number of rotatable bonds is 9. The molecule has 2 N–H and O–H groups in total. The number of pyridine rings is 1. The normalized spacial score (nSPS) is 12.4. The Kier molecular flexibility index (Phi) is 8.34. The quantitative estimate of drug-likeness (QED) is 0.500. The minimum absolute atomic E-state index is 0.0781. The molecule has 166 valence electrons. The first kappa shape index (κ1) is 23.0. The maximum absolute atomic E-state index is 12.3. The molecule has 0 aliphatic carbocycles. The molecule has 0 aliphatic rings. The van der Waals surface area contributed by atoms with E-state index in [9.17, 15) is 14.7 Å². The molecule has 2 aromatic carbocycles. The summed E-state index contributed by atoms with van der Waals surface area (Å²) in [5, 5.41) is 13.1. The average molecular weight is 434 g/mol. The Morgan fingerprint density at radius 1 is 0.938 bits per heavy atom. The monoisotopic (exact) mass is 434 g/mol. The van der Waals surface area contributed by atoms with Gasteiger partial charge in [-0.05, 0) is 41.7 Å². The van der Waals surface area contributed by atoms with Crippen molar-refractivity contribution in [1.29, 1.82) is 0 Å². The minimum atomic E-state index is -1.53. The van der Waals surface area contributed by atoms with Crippen LogP contribution in [0.3, 0.4) is 0 Å². The number of amides is 1. The predicted octanol–water partition coefficient (Wildman–Crippen LogP) is 3.51. The smallest absolute Gasteiger partial charge is 0.407 e. The molecular weight excluding hydrogens is 408 g/mol.